The molecule has 0 aliphatic carbocycles. The van der Waals surface area contributed by atoms with Crippen LogP contribution >= 0.6 is 0 Å². The van der Waals surface area contributed by atoms with Crippen LogP contribution in [0.2, 0.25) is 0 Å². The molecule has 1 amide bonds. The van der Waals surface area contributed by atoms with E-state index in [1.165, 1.54) is 21.3 Å². The molecule has 0 aliphatic heterocycles. The molecule has 2 heterocycles. The van der Waals surface area contributed by atoms with Crippen molar-refractivity contribution in [3.8, 4) is 34.7 Å². The van der Waals surface area contributed by atoms with Crippen molar-refractivity contribution in [2.24, 2.45) is 0 Å². The van der Waals surface area contributed by atoms with Gasteiger partial charge in [-0.2, -0.15) is 5.10 Å². The molecule has 0 saturated heterocycles. The van der Waals surface area contributed by atoms with E-state index in [4.69, 9.17) is 18.9 Å². The van der Waals surface area contributed by atoms with Crippen molar-refractivity contribution in [3.05, 3.63) is 72.6 Å². The van der Waals surface area contributed by atoms with Gasteiger partial charge in [-0.25, -0.2) is 4.68 Å². The van der Waals surface area contributed by atoms with Crippen molar-refractivity contribution in [3.63, 3.8) is 0 Å². The van der Waals surface area contributed by atoms with E-state index >= 15 is 0 Å². The predicted octanol–water partition coefficient (Wildman–Crippen LogP) is 3.73. The average molecular weight is 447 g/mol. The van der Waals surface area contributed by atoms with Gasteiger partial charge in [-0.1, -0.05) is 0 Å². The van der Waals surface area contributed by atoms with Crippen LogP contribution in [0.15, 0.2) is 67.0 Å². The summed E-state index contributed by atoms with van der Waals surface area (Å²) in [6.07, 6.45) is 3.43. The number of nitrogens with one attached hydrogen (secondary N) is 1. The van der Waals surface area contributed by atoms with Crippen molar-refractivity contribution in [2.45, 2.75) is 0 Å². The van der Waals surface area contributed by atoms with Gasteiger partial charge in [-0.05, 0) is 48.5 Å². The lowest BCUT2D eigenvalue weighted by atomic mass is 10.1. The van der Waals surface area contributed by atoms with Gasteiger partial charge >= 0.3 is 0 Å². The number of hydrogen-bond acceptors (Lipinski definition) is 8. The average Bonchev–Trinajstić information content (AvgIpc) is 3.39. The number of ether oxygens (including phenoxy) is 4. The molecule has 0 fully saturated rings. The third-order valence-corrected chi connectivity index (χ3v) is 4.63. The Balaban J connectivity index is 1.43. The first kappa shape index (κ1) is 21.6. The number of carbonyl (C=O) groups excluding carboxylic acids is 1. The Kier molecular flexibility index (Phi) is 6.35. The van der Waals surface area contributed by atoms with Gasteiger partial charge in [0.05, 0.1) is 21.3 Å². The normalized spacial score (nSPS) is 10.4. The monoisotopic (exact) mass is 447 g/mol. The summed E-state index contributed by atoms with van der Waals surface area (Å²) in [5.41, 5.74) is 0.943. The van der Waals surface area contributed by atoms with Crippen LogP contribution in [-0.4, -0.2) is 47.2 Å². The summed E-state index contributed by atoms with van der Waals surface area (Å²) >= 11 is 0. The van der Waals surface area contributed by atoms with E-state index in [1.54, 1.807) is 71.7 Å². The Morgan fingerprint density at radius 1 is 0.909 bits per heavy atom. The molecule has 0 aliphatic rings. The number of aromatic nitrogens is 4. The molecule has 0 spiro atoms. The lowest BCUT2D eigenvalue weighted by Gasteiger charge is -2.14. The molecule has 168 valence electrons. The number of hydrogen-bond donors (Lipinski definition) is 1. The maximum absolute atomic E-state index is 12.7. The Hall–Kier alpha value is -4.60. The molecule has 0 bridgehead atoms. The number of methoxy groups -OCH3 is 3. The van der Waals surface area contributed by atoms with Crippen LogP contribution in [-0.2, 0) is 0 Å². The van der Waals surface area contributed by atoms with E-state index in [2.05, 4.69) is 20.6 Å². The van der Waals surface area contributed by atoms with E-state index in [1.807, 2.05) is 0 Å². The van der Waals surface area contributed by atoms with Crippen LogP contribution in [0, 0.1) is 0 Å². The SMILES string of the molecule is COc1cc(C(=O)Nc2ccc(Oc3ccc(-n4cccn4)nn3)cc2)cc(OC)c1OC. The lowest BCUT2D eigenvalue weighted by Crippen LogP contribution is -2.12. The highest BCUT2D eigenvalue weighted by Gasteiger charge is 2.17. The van der Waals surface area contributed by atoms with E-state index in [-0.39, 0.29) is 5.91 Å². The fourth-order valence-corrected chi connectivity index (χ4v) is 3.04. The van der Waals surface area contributed by atoms with E-state index in [9.17, 15) is 4.79 Å². The molecule has 33 heavy (non-hydrogen) atoms. The van der Waals surface area contributed by atoms with Gasteiger partial charge in [0, 0.05) is 29.7 Å². The highest BCUT2D eigenvalue weighted by atomic mass is 16.5. The molecule has 2 aromatic heterocycles. The zero-order valence-electron chi connectivity index (χ0n) is 18.2. The molecular weight excluding hydrogens is 426 g/mol. The van der Waals surface area contributed by atoms with Gasteiger partial charge in [-0.3, -0.25) is 4.79 Å². The zero-order valence-corrected chi connectivity index (χ0v) is 18.2. The zero-order chi connectivity index (χ0) is 23.2. The molecule has 2 aromatic carbocycles. The molecule has 10 nitrogen and oxygen atoms in total. The van der Waals surface area contributed by atoms with Crippen molar-refractivity contribution in [2.75, 3.05) is 26.6 Å². The maximum Gasteiger partial charge on any atom is 0.255 e. The third-order valence-electron chi connectivity index (χ3n) is 4.63. The smallest absolute Gasteiger partial charge is 0.255 e. The van der Waals surface area contributed by atoms with Crippen LogP contribution in [0.25, 0.3) is 5.82 Å². The van der Waals surface area contributed by atoms with Crippen molar-refractivity contribution in [1.29, 1.82) is 0 Å². The molecule has 10 heteroatoms. The Morgan fingerprint density at radius 3 is 2.18 bits per heavy atom. The van der Waals surface area contributed by atoms with Crippen LogP contribution in [0.5, 0.6) is 28.9 Å². The molecule has 0 atom stereocenters. The van der Waals surface area contributed by atoms with E-state index in [0.717, 1.165) is 0 Å². The first-order valence-corrected chi connectivity index (χ1v) is 9.84. The van der Waals surface area contributed by atoms with Crippen LogP contribution in [0.4, 0.5) is 5.69 Å². The maximum atomic E-state index is 12.7. The van der Waals surface area contributed by atoms with Crippen LogP contribution in [0.1, 0.15) is 10.4 Å². The van der Waals surface area contributed by atoms with Gasteiger partial charge in [-0.15, -0.1) is 10.2 Å². The molecule has 1 N–H and O–H groups in total. The number of amides is 1. The van der Waals surface area contributed by atoms with Gasteiger partial charge in [0.2, 0.25) is 11.6 Å². The summed E-state index contributed by atoms with van der Waals surface area (Å²) in [6.45, 7) is 0. The number of anilines is 1. The summed E-state index contributed by atoms with van der Waals surface area (Å²) in [5, 5.41) is 15.1. The topological polar surface area (TPSA) is 110 Å². The molecule has 4 aromatic rings. The lowest BCUT2D eigenvalue weighted by molar-refractivity contribution is 0.102. The second-order valence-electron chi connectivity index (χ2n) is 6.67. The number of carbonyl (C=O) groups is 1. The van der Waals surface area contributed by atoms with E-state index < -0.39 is 0 Å². The summed E-state index contributed by atoms with van der Waals surface area (Å²) in [5.74, 6) is 2.33. The van der Waals surface area contributed by atoms with Crippen molar-refractivity contribution >= 4 is 11.6 Å². The van der Waals surface area contributed by atoms with Gasteiger partial charge in [0.15, 0.2) is 17.3 Å². The fourth-order valence-electron chi connectivity index (χ4n) is 3.04. The quantitative estimate of drug-likeness (QED) is 0.435. The van der Waals surface area contributed by atoms with Crippen LogP contribution in [0.3, 0.4) is 0 Å². The minimum absolute atomic E-state index is 0.331. The largest absolute Gasteiger partial charge is 0.493 e. The molecule has 4 rings (SSSR count). The fraction of sp³-hybridized carbons (Fsp3) is 0.130. The van der Waals surface area contributed by atoms with E-state index in [0.29, 0.717) is 45.9 Å². The second-order valence-corrected chi connectivity index (χ2v) is 6.67. The standard InChI is InChI=1S/C23H21N5O5/c1-30-18-13-15(14-19(31-2)22(18)32-3)23(29)25-16-5-7-17(8-6-16)33-21-10-9-20(26-27-21)28-12-4-11-24-28/h4-14H,1-3H3,(H,25,29). The second kappa shape index (κ2) is 9.69. The first-order valence-electron chi connectivity index (χ1n) is 9.84. The summed E-state index contributed by atoms with van der Waals surface area (Å²) in [7, 11) is 4.49. The summed E-state index contributed by atoms with van der Waals surface area (Å²) in [4.78, 5) is 12.7. The number of benzene rings is 2. The Labute approximate surface area is 189 Å². The van der Waals surface area contributed by atoms with Crippen molar-refractivity contribution < 1.29 is 23.7 Å². The first-order chi connectivity index (χ1) is 16.1. The van der Waals surface area contributed by atoms with Gasteiger partial charge in [0.1, 0.15) is 5.75 Å². The molecular formula is C23H21N5O5. The Morgan fingerprint density at radius 2 is 1.64 bits per heavy atom. The molecule has 0 unspecified atom stereocenters. The van der Waals surface area contributed by atoms with Gasteiger partial charge in [0.25, 0.3) is 5.91 Å². The predicted molar refractivity (Wildman–Crippen MR) is 120 cm³/mol. The summed E-state index contributed by atoms with van der Waals surface area (Å²) < 4.78 is 23.2. The minimum atomic E-state index is -0.331. The van der Waals surface area contributed by atoms with Crippen molar-refractivity contribution in [1.82, 2.24) is 20.0 Å². The molecule has 0 radical (unpaired) electrons. The number of nitrogens with zero attached hydrogens (tertiary/aromatic N) is 4. The Bertz CT molecular complexity index is 1200. The summed E-state index contributed by atoms with van der Waals surface area (Å²) in [6, 6.07) is 15.3. The van der Waals surface area contributed by atoms with Crippen LogP contribution < -0.4 is 24.3 Å². The minimum Gasteiger partial charge on any atom is -0.493 e. The highest BCUT2D eigenvalue weighted by Crippen LogP contribution is 2.38. The number of rotatable bonds is 8. The molecule has 0 saturated carbocycles. The third kappa shape index (κ3) is 4.85. The highest BCUT2D eigenvalue weighted by molar-refractivity contribution is 6.05. The van der Waals surface area contributed by atoms with Gasteiger partial charge < -0.3 is 24.3 Å².